The van der Waals surface area contributed by atoms with E-state index >= 15 is 0 Å². The molecular weight excluding hydrogens is 441 g/mol. The fourth-order valence-corrected chi connectivity index (χ4v) is 4.67. The smallest absolute Gasteiger partial charge is 0.338 e. The molecule has 0 spiro atoms. The van der Waals surface area contributed by atoms with E-state index in [1.165, 1.54) is 24.3 Å². The number of piperidine rings is 1. The Hall–Kier alpha value is -2.26. The Morgan fingerprint density at radius 3 is 2.60 bits per heavy atom. The Labute approximate surface area is 177 Å². The number of amides is 1. The van der Waals surface area contributed by atoms with Crippen LogP contribution in [0.2, 0.25) is 5.02 Å². The minimum atomic E-state index is -4.65. The number of hydrogen-bond donors (Lipinski definition) is 1. The van der Waals surface area contributed by atoms with E-state index < -0.39 is 27.5 Å². The summed E-state index contributed by atoms with van der Waals surface area (Å²) in [6.45, 7) is 3.23. The molecule has 1 fully saturated rings. The number of anilines is 1. The zero-order chi connectivity index (χ0) is 22.1. The van der Waals surface area contributed by atoms with Crippen molar-refractivity contribution in [1.29, 1.82) is 0 Å². The SMILES string of the molecule is C[C@@H]1CCCN(C(=O)c2cccc(S(=O)(=O)Nc3cc(C(F)(F)F)ccc3Cl)c2)C1. The van der Waals surface area contributed by atoms with Crippen LogP contribution in [-0.4, -0.2) is 32.3 Å². The predicted molar refractivity (Wildman–Crippen MR) is 108 cm³/mol. The van der Waals surface area contributed by atoms with Gasteiger partial charge in [-0.1, -0.05) is 24.6 Å². The molecule has 0 saturated carbocycles. The standard InChI is InChI=1S/C20H20ClF3N2O3S/c1-13-4-3-9-26(12-13)19(27)14-5-2-6-16(10-14)30(28,29)25-18-11-15(20(22,23)24)7-8-17(18)21/h2,5-8,10-11,13,25H,3-4,9,12H2,1H3/t13-/m1/s1. The third-order valence-electron chi connectivity index (χ3n) is 4.87. The molecule has 0 bridgehead atoms. The number of hydrogen-bond acceptors (Lipinski definition) is 3. The molecular formula is C20H20ClF3N2O3S. The highest BCUT2D eigenvalue weighted by atomic mass is 35.5. The van der Waals surface area contributed by atoms with Crippen molar-refractivity contribution in [2.75, 3.05) is 17.8 Å². The summed E-state index contributed by atoms with van der Waals surface area (Å²) < 4.78 is 66.4. The zero-order valence-electron chi connectivity index (χ0n) is 16.0. The van der Waals surface area contributed by atoms with Gasteiger partial charge in [-0.2, -0.15) is 13.2 Å². The molecule has 0 radical (unpaired) electrons. The molecule has 1 amide bonds. The number of sulfonamides is 1. The first kappa shape index (κ1) is 22.4. The normalized spacial score (nSPS) is 17.6. The highest BCUT2D eigenvalue weighted by molar-refractivity contribution is 7.92. The molecule has 1 N–H and O–H groups in total. The molecule has 162 valence electrons. The van der Waals surface area contributed by atoms with Crippen LogP contribution in [0.15, 0.2) is 47.4 Å². The van der Waals surface area contributed by atoms with Gasteiger partial charge in [-0.05, 0) is 55.2 Å². The highest BCUT2D eigenvalue weighted by Gasteiger charge is 2.31. The third kappa shape index (κ3) is 5.07. The van der Waals surface area contributed by atoms with Gasteiger partial charge in [-0.15, -0.1) is 0 Å². The van der Waals surface area contributed by atoms with E-state index in [9.17, 15) is 26.4 Å². The first-order valence-corrected chi connectivity index (χ1v) is 11.1. The number of rotatable bonds is 4. The number of nitrogens with zero attached hydrogens (tertiary/aromatic N) is 1. The van der Waals surface area contributed by atoms with Crippen molar-refractivity contribution < 1.29 is 26.4 Å². The van der Waals surface area contributed by atoms with E-state index in [4.69, 9.17) is 11.6 Å². The number of alkyl halides is 3. The molecule has 0 aliphatic carbocycles. The van der Waals surface area contributed by atoms with Crippen molar-refractivity contribution in [1.82, 2.24) is 4.90 Å². The Morgan fingerprint density at radius 1 is 1.20 bits per heavy atom. The van der Waals surface area contributed by atoms with E-state index in [1.54, 1.807) is 4.90 Å². The van der Waals surface area contributed by atoms with E-state index in [-0.39, 0.29) is 21.4 Å². The summed E-state index contributed by atoms with van der Waals surface area (Å²) in [6, 6.07) is 7.77. The fourth-order valence-electron chi connectivity index (χ4n) is 3.34. The van der Waals surface area contributed by atoms with Crippen LogP contribution in [-0.2, 0) is 16.2 Å². The Morgan fingerprint density at radius 2 is 1.93 bits per heavy atom. The molecule has 1 saturated heterocycles. The van der Waals surface area contributed by atoms with Gasteiger partial charge in [-0.3, -0.25) is 9.52 Å². The number of likely N-dealkylation sites (tertiary alicyclic amines) is 1. The molecule has 1 atom stereocenters. The molecule has 30 heavy (non-hydrogen) atoms. The van der Waals surface area contributed by atoms with Crippen LogP contribution < -0.4 is 4.72 Å². The van der Waals surface area contributed by atoms with E-state index in [2.05, 4.69) is 4.72 Å². The van der Waals surface area contributed by atoms with Gasteiger partial charge in [0.2, 0.25) is 0 Å². The first-order valence-electron chi connectivity index (χ1n) is 9.26. The second kappa shape index (κ2) is 8.47. The maximum Gasteiger partial charge on any atom is 0.416 e. The molecule has 0 unspecified atom stereocenters. The molecule has 1 heterocycles. The highest BCUT2D eigenvalue weighted by Crippen LogP contribution is 2.34. The van der Waals surface area contributed by atoms with Crippen LogP contribution in [0.5, 0.6) is 0 Å². The number of nitrogens with one attached hydrogen (secondary N) is 1. The summed E-state index contributed by atoms with van der Waals surface area (Å²) in [5, 5.41) is -0.180. The largest absolute Gasteiger partial charge is 0.416 e. The predicted octanol–water partition coefficient (Wildman–Crippen LogP) is 5.03. The molecule has 0 aromatic heterocycles. The molecule has 10 heteroatoms. The maximum absolute atomic E-state index is 12.9. The van der Waals surface area contributed by atoms with Gasteiger partial charge < -0.3 is 4.90 Å². The Bertz CT molecular complexity index is 1060. The quantitative estimate of drug-likeness (QED) is 0.695. The lowest BCUT2D eigenvalue weighted by molar-refractivity contribution is -0.137. The molecule has 1 aliphatic rings. The number of carbonyl (C=O) groups excluding carboxylic acids is 1. The number of benzene rings is 2. The van der Waals surface area contributed by atoms with Crippen LogP contribution in [0.1, 0.15) is 35.7 Å². The lowest BCUT2D eigenvalue weighted by Crippen LogP contribution is -2.39. The minimum absolute atomic E-state index is 0.180. The third-order valence-corrected chi connectivity index (χ3v) is 6.57. The topological polar surface area (TPSA) is 66.5 Å². The summed E-state index contributed by atoms with van der Waals surface area (Å²) in [4.78, 5) is 14.2. The van der Waals surface area contributed by atoms with Crippen LogP contribution in [0.4, 0.5) is 18.9 Å². The minimum Gasteiger partial charge on any atom is -0.338 e. The summed E-state index contributed by atoms with van der Waals surface area (Å²) in [5.74, 6) is 0.0787. The van der Waals surface area contributed by atoms with Crippen molar-refractivity contribution in [3.05, 3.63) is 58.6 Å². The van der Waals surface area contributed by atoms with E-state index in [0.717, 1.165) is 25.0 Å². The zero-order valence-corrected chi connectivity index (χ0v) is 17.6. The van der Waals surface area contributed by atoms with Gasteiger partial charge in [0.1, 0.15) is 0 Å². The lowest BCUT2D eigenvalue weighted by Gasteiger charge is -2.31. The van der Waals surface area contributed by atoms with Crippen molar-refractivity contribution in [3.63, 3.8) is 0 Å². The number of halogens is 4. The second-order valence-electron chi connectivity index (χ2n) is 7.32. The lowest BCUT2D eigenvalue weighted by atomic mass is 9.99. The van der Waals surface area contributed by atoms with Gasteiger partial charge in [0.25, 0.3) is 15.9 Å². The van der Waals surface area contributed by atoms with Gasteiger partial charge in [0.15, 0.2) is 0 Å². The molecule has 3 rings (SSSR count). The summed E-state index contributed by atoms with van der Waals surface area (Å²) in [5.41, 5.74) is -1.23. The van der Waals surface area contributed by atoms with Crippen molar-refractivity contribution in [2.24, 2.45) is 5.92 Å². The maximum atomic E-state index is 12.9. The fraction of sp³-hybridized carbons (Fsp3) is 0.350. The van der Waals surface area contributed by atoms with E-state index in [0.29, 0.717) is 25.1 Å². The van der Waals surface area contributed by atoms with Crippen molar-refractivity contribution >= 4 is 33.2 Å². The molecule has 1 aliphatic heterocycles. The monoisotopic (exact) mass is 460 g/mol. The van der Waals surface area contributed by atoms with Gasteiger partial charge in [-0.25, -0.2) is 8.42 Å². The van der Waals surface area contributed by atoms with Crippen molar-refractivity contribution in [3.8, 4) is 0 Å². The van der Waals surface area contributed by atoms with Gasteiger partial charge >= 0.3 is 6.18 Å². The summed E-state index contributed by atoms with van der Waals surface area (Å²) in [6.07, 6.45) is -2.75. The van der Waals surface area contributed by atoms with Crippen LogP contribution in [0, 0.1) is 5.92 Å². The Balaban J connectivity index is 1.87. The van der Waals surface area contributed by atoms with Gasteiger partial charge in [0.05, 0.1) is 21.2 Å². The summed E-state index contributed by atoms with van der Waals surface area (Å²) in [7, 11) is -4.27. The van der Waals surface area contributed by atoms with Crippen LogP contribution >= 0.6 is 11.6 Å². The van der Waals surface area contributed by atoms with Crippen LogP contribution in [0.3, 0.4) is 0 Å². The van der Waals surface area contributed by atoms with E-state index in [1.807, 2.05) is 6.92 Å². The van der Waals surface area contributed by atoms with Crippen LogP contribution in [0.25, 0.3) is 0 Å². The number of carbonyl (C=O) groups is 1. The molecule has 2 aromatic carbocycles. The summed E-state index contributed by atoms with van der Waals surface area (Å²) >= 11 is 5.88. The average molecular weight is 461 g/mol. The Kier molecular flexibility index (Phi) is 6.33. The van der Waals surface area contributed by atoms with Gasteiger partial charge in [0, 0.05) is 18.7 Å². The molecule has 5 nitrogen and oxygen atoms in total. The molecule has 2 aromatic rings. The first-order chi connectivity index (χ1) is 14.0. The van der Waals surface area contributed by atoms with Crippen molar-refractivity contribution in [2.45, 2.75) is 30.8 Å². The second-order valence-corrected chi connectivity index (χ2v) is 9.41. The average Bonchev–Trinajstić information content (AvgIpc) is 2.68.